The molecule has 4 rings (SSSR count). The maximum atomic E-state index is 12.9. The van der Waals surface area contributed by atoms with Gasteiger partial charge in [-0.25, -0.2) is 4.79 Å². The van der Waals surface area contributed by atoms with Crippen molar-refractivity contribution in [2.75, 3.05) is 11.9 Å². The summed E-state index contributed by atoms with van der Waals surface area (Å²) < 4.78 is 0. The number of halogens is 1. The summed E-state index contributed by atoms with van der Waals surface area (Å²) >= 11 is 6.06. The first-order chi connectivity index (χ1) is 15.4. The number of urea groups is 1. The summed E-state index contributed by atoms with van der Waals surface area (Å²) in [5.41, 5.74) is 1.50. The summed E-state index contributed by atoms with van der Waals surface area (Å²) in [5, 5.41) is 5.54. The van der Waals surface area contributed by atoms with Crippen LogP contribution in [0, 0.1) is 0 Å². The summed E-state index contributed by atoms with van der Waals surface area (Å²) in [6, 6.07) is 20.4. The van der Waals surface area contributed by atoms with Gasteiger partial charge in [-0.2, -0.15) is 0 Å². The molecule has 0 aliphatic carbocycles. The number of hydrogen-bond acceptors (Lipinski definition) is 4. The van der Waals surface area contributed by atoms with E-state index < -0.39 is 30.4 Å². The van der Waals surface area contributed by atoms with Gasteiger partial charge >= 0.3 is 6.03 Å². The number of rotatable bonds is 6. The minimum absolute atomic E-state index is 0.205. The van der Waals surface area contributed by atoms with Crippen LogP contribution in [0.15, 0.2) is 78.9 Å². The second-order valence-electron chi connectivity index (χ2n) is 7.15. The van der Waals surface area contributed by atoms with E-state index in [4.69, 9.17) is 11.6 Å². The molecule has 1 fully saturated rings. The van der Waals surface area contributed by atoms with Gasteiger partial charge in [0.25, 0.3) is 5.91 Å². The fraction of sp³-hybridized carbons (Fsp3) is 0.0833. The second-order valence-corrected chi connectivity index (χ2v) is 7.59. The second kappa shape index (κ2) is 9.03. The lowest BCUT2D eigenvalue weighted by Crippen LogP contribution is -2.38. The summed E-state index contributed by atoms with van der Waals surface area (Å²) in [7, 11) is 0. The standard InChI is InChI=1S/C24H18ClN3O4/c25-17-11-12-19(18(13-17)22(30)16-9-5-2-6-10-16)26-20(29)14-28-23(31)21(27-24(28)32)15-7-3-1-4-8-15/h1-13,21H,14H2,(H,26,29)(H,27,32). The van der Waals surface area contributed by atoms with E-state index in [2.05, 4.69) is 10.6 Å². The van der Waals surface area contributed by atoms with Crippen LogP contribution in [-0.4, -0.2) is 35.1 Å². The van der Waals surface area contributed by atoms with E-state index in [1.807, 2.05) is 0 Å². The van der Waals surface area contributed by atoms with Crippen molar-refractivity contribution in [3.05, 3.63) is 101 Å². The number of hydrogen-bond donors (Lipinski definition) is 2. The zero-order chi connectivity index (χ0) is 22.7. The van der Waals surface area contributed by atoms with E-state index in [1.54, 1.807) is 60.7 Å². The van der Waals surface area contributed by atoms with Crippen LogP contribution in [0.3, 0.4) is 0 Å². The normalized spacial score (nSPS) is 15.4. The number of benzene rings is 3. The first-order valence-electron chi connectivity index (χ1n) is 9.80. The van der Waals surface area contributed by atoms with Crippen molar-refractivity contribution >= 4 is 40.9 Å². The zero-order valence-corrected chi connectivity index (χ0v) is 17.5. The summed E-state index contributed by atoms with van der Waals surface area (Å²) in [6.07, 6.45) is 0. The number of carbonyl (C=O) groups is 4. The lowest BCUT2D eigenvalue weighted by molar-refractivity contribution is -0.130. The van der Waals surface area contributed by atoms with Gasteiger partial charge in [-0.3, -0.25) is 19.3 Å². The third-order valence-corrected chi connectivity index (χ3v) is 5.23. The smallest absolute Gasteiger partial charge is 0.324 e. The number of amides is 4. The predicted octanol–water partition coefficient (Wildman–Crippen LogP) is 3.80. The highest BCUT2D eigenvalue weighted by Crippen LogP contribution is 2.25. The number of nitrogens with zero attached hydrogens (tertiary/aromatic N) is 1. The van der Waals surface area contributed by atoms with Crippen LogP contribution >= 0.6 is 11.6 Å². The summed E-state index contributed by atoms with van der Waals surface area (Å²) in [4.78, 5) is 51.4. The first kappa shape index (κ1) is 21.3. The summed E-state index contributed by atoms with van der Waals surface area (Å²) in [6.45, 7) is -0.490. The van der Waals surface area contributed by atoms with Crippen molar-refractivity contribution in [3.8, 4) is 0 Å². The van der Waals surface area contributed by atoms with Gasteiger partial charge in [-0.15, -0.1) is 0 Å². The molecule has 3 aromatic carbocycles. The van der Waals surface area contributed by atoms with Gasteiger partial charge < -0.3 is 10.6 Å². The Morgan fingerprint density at radius 3 is 2.28 bits per heavy atom. The molecule has 7 nitrogen and oxygen atoms in total. The Hall–Kier alpha value is -3.97. The van der Waals surface area contributed by atoms with Gasteiger partial charge in [0, 0.05) is 16.1 Å². The molecule has 32 heavy (non-hydrogen) atoms. The van der Waals surface area contributed by atoms with Gasteiger partial charge in [0.1, 0.15) is 12.6 Å². The lowest BCUT2D eigenvalue weighted by Gasteiger charge is -2.15. The van der Waals surface area contributed by atoms with Crippen molar-refractivity contribution in [1.82, 2.24) is 10.2 Å². The monoisotopic (exact) mass is 447 g/mol. The Kier molecular flexibility index (Phi) is 6.00. The number of carbonyl (C=O) groups excluding carboxylic acids is 4. The molecule has 1 aliphatic rings. The molecule has 2 N–H and O–H groups in total. The molecular formula is C24H18ClN3O4. The Balaban J connectivity index is 1.51. The predicted molar refractivity (Wildman–Crippen MR) is 119 cm³/mol. The molecule has 0 bridgehead atoms. The van der Waals surface area contributed by atoms with Crippen LogP contribution in [0.1, 0.15) is 27.5 Å². The van der Waals surface area contributed by atoms with Crippen LogP contribution in [0.4, 0.5) is 10.5 Å². The average molecular weight is 448 g/mol. The van der Waals surface area contributed by atoms with Gasteiger partial charge in [0.15, 0.2) is 5.78 Å². The van der Waals surface area contributed by atoms with E-state index in [9.17, 15) is 19.2 Å². The number of anilines is 1. The Morgan fingerprint density at radius 2 is 1.59 bits per heavy atom. The van der Waals surface area contributed by atoms with Gasteiger partial charge in [-0.05, 0) is 23.8 Å². The molecule has 0 aromatic heterocycles. The molecule has 160 valence electrons. The molecule has 4 amide bonds. The minimum atomic E-state index is -0.845. The van der Waals surface area contributed by atoms with Crippen LogP contribution in [0.2, 0.25) is 5.02 Å². The quantitative estimate of drug-likeness (QED) is 0.443. The van der Waals surface area contributed by atoms with Crippen LogP contribution in [0.5, 0.6) is 0 Å². The Bertz CT molecular complexity index is 1200. The fourth-order valence-corrected chi connectivity index (χ4v) is 3.60. The molecule has 1 heterocycles. The van der Waals surface area contributed by atoms with E-state index in [0.717, 1.165) is 4.90 Å². The molecule has 1 unspecified atom stereocenters. The maximum absolute atomic E-state index is 12.9. The van der Waals surface area contributed by atoms with E-state index in [-0.39, 0.29) is 17.0 Å². The summed E-state index contributed by atoms with van der Waals surface area (Å²) in [5.74, 6) is -1.46. The highest BCUT2D eigenvalue weighted by Gasteiger charge is 2.39. The molecular weight excluding hydrogens is 430 g/mol. The molecule has 3 aromatic rings. The highest BCUT2D eigenvalue weighted by atomic mass is 35.5. The Labute approximate surface area is 189 Å². The van der Waals surface area contributed by atoms with Crippen LogP contribution in [0.25, 0.3) is 0 Å². The first-order valence-corrected chi connectivity index (χ1v) is 10.2. The van der Waals surface area contributed by atoms with Gasteiger partial charge in [0.2, 0.25) is 5.91 Å². The number of imide groups is 1. The molecule has 8 heteroatoms. The van der Waals surface area contributed by atoms with Gasteiger partial charge in [0.05, 0.1) is 5.69 Å². The van der Waals surface area contributed by atoms with Crippen LogP contribution < -0.4 is 10.6 Å². The van der Waals surface area contributed by atoms with E-state index >= 15 is 0 Å². The molecule has 1 saturated heterocycles. The van der Waals surface area contributed by atoms with Crippen molar-refractivity contribution < 1.29 is 19.2 Å². The fourth-order valence-electron chi connectivity index (χ4n) is 3.43. The lowest BCUT2D eigenvalue weighted by atomic mass is 10.0. The SMILES string of the molecule is O=C(CN1C(=O)NC(c2ccccc2)C1=O)Nc1ccc(Cl)cc1C(=O)c1ccccc1. The third-order valence-electron chi connectivity index (χ3n) is 5.00. The topological polar surface area (TPSA) is 95.6 Å². The molecule has 0 radical (unpaired) electrons. The van der Waals surface area contributed by atoms with Crippen molar-refractivity contribution in [1.29, 1.82) is 0 Å². The third kappa shape index (κ3) is 4.38. The largest absolute Gasteiger partial charge is 0.325 e. The Morgan fingerprint density at radius 1 is 0.938 bits per heavy atom. The number of nitrogens with one attached hydrogen (secondary N) is 2. The van der Waals surface area contributed by atoms with E-state index in [1.165, 1.54) is 18.2 Å². The highest BCUT2D eigenvalue weighted by molar-refractivity contribution is 6.31. The zero-order valence-electron chi connectivity index (χ0n) is 16.7. The van der Waals surface area contributed by atoms with Crippen molar-refractivity contribution in [2.24, 2.45) is 0 Å². The van der Waals surface area contributed by atoms with Crippen LogP contribution in [-0.2, 0) is 9.59 Å². The van der Waals surface area contributed by atoms with Crippen molar-refractivity contribution in [3.63, 3.8) is 0 Å². The average Bonchev–Trinajstić information content (AvgIpc) is 3.09. The van der Waals surface area contributed by atoms with E-state index in [0.29, 0.717) is 16.1 Å². The molecule has 0 spiro atoms. The molecule has 1 aliphatic heterocycles. The van der Waals surface area contributed by atoms with Gasteiger partial charge in [-0.1, -0.05) is 72.3 Å². The minimum Gasteiger partial charge on any atom is -0.324 e. The molecule has 1 atom stereocenters. The number of ketones is 1. The molecule has 0 saturated carbocycles. The maximum Gasteiger partial charge on any atom is 0.325 e. The van der Waals surface area contributed by atoms with Crippen molar-refractivity contribution in [2.45, 2.75) is 6.04 Å².